The first-order chi connectivity index (χ1) is 8.33. The summed E-state index contributed by atoms with van der Waals surface area (Å²) in [6.45, 7) is 0.596. The number of benzene rings is 1. The number of nitrogens with zero attached hydrogens (tertiary/aromatic N) is 2. The van der Waals surface area contributed by atoms with Gasteiger partial charge in [-0.05, 0) is 17.4 Å². The van der Waals surface area contributed by atoms with E-state index in [9.17, 15) is 0 Å². The van der Waals surface area contributed by atoms with Gasteiger partial charge >= 0.3 is 0 Å². The zero-order valence-corrected chi connectivity index (χ0v) is 9.57. The number of ether oxygens (including phenoxy) is 3. The van der Waals surface area contributed by atoms with Gasteiger partial charge in [-0.1, -0.05) is 17.2 Å². The van der Waals surface area contributed by atoms with Crippen LogP contribution in [0.1, 0.15) is 5.56 Å². The molecule has 1 aliphatic rings. The lowest BCUT2D eigenvalue weighted by molar-refractivity contribution is 0.171. The van der Waals surface area contributed by atoms with Crippen LogP contribution in [0.5, 0.6) is 16.7 Å². The fourth-order valence-corrected chi connectivity index (χ4v) is 1.98. The molecule has 88 valence electrons. The van der Waals surface area contributed by atoms with Crippen molar-refractivity contribution >= 4 is 16.5 Å². The highest BCUT2D eigenvalue weighted by Gasteiger charge is 2.17. The van der Waals surface area contributed by atoms with E-state index in [-0.39, 0.29) is 6.79 Å². The first-order valence-corrected chi connectivity index (χ1v) is 5.74. The quantitative estimate of drug-likeness (QED) is 0.888. The lowest BCUT2D eigenvalue weighted by Gasteiger charge is -2.05. The summed E-state index contributed by atoms with van der Waals surface area (Å²) >= 11 is 1.20. The van der Waals surface area contributed by atoms with Crippen molar-refractivity contribution in [2.45, 2.75) is 6.61 Å². The van der Waals surface area contributed by atoms with E-state index in [0.29, 0.717) is 16.9 Å². The number of fused-ring (bicyclic) bond motifs is 1. The molecule has 0 saturated carbocycles. The lowest BCUT2D eigenvalue weighted by atomic mass is 10.2. The van der Waals surface area contributed by atoms with Crippen LogP contribution in [0.4, 0.5) is 5.13 Å². The van der Waals surface area contributed by atoms with Gasteiger partial charge in [0.05, 0.1) is 0 Å². The van der Waals surface area contributed by atoms with Crippen molar-refractivity contribution in [3.63, 3.8) is 0 Å². The number of anilines is 1. The molecule has 17 heavy (non-hydrogen) atoms. The number of rotatable bonds is 3. The average Bonchev–Trinajstić information content (AvgIpc) is 2.94. The summed E-state index contributed by atoms with van der Waals surface area (Å²) in [4.78, 5) is 0. The van der Waals surface area contributed by atoms with Crippen LogP contribution in [0.3, 0.4) is 0 Å². The van der Waals surface area contributed by atoms with Gasteiger partial charge in [0.2, 0.25) is 11.9 Å². The second-order valence-electron chi connectivity index (χ2n) is 3.35. The van der Waals surface area contributed by atoms with Crippen molar-refractivity contribution in [2.75, 3.05) is 12.5 Å². The van der Waals surface area contributed by atoms with E-state index in [0.717, 1.165) is 17.1 Å². The Balaban J connectivity index is 1.75. The van der Waals surface area contributed by atoms with Gasteiger partial charge in [0, 0.05) is 5.56 Å². The minimum atomic E-state index is 0.248. The van der Waals surface area contributed by atoms with Gasteiger partial charge in [-0.3, -0.25) is 0 Å². The van der Waals surface area contributed by atoms with Crippen molar-refractivity contribution in [2.24, 2.45) is 0 Å². The number of aromatic nitrogens is 2. The van der Waals surface area contributed by atoms with Gasteiger partial charge < -0.3 is 19.9 Å². The van der Waals surface area contributed by atoms with E-state index in [1.165, 1.54) is 11.3 Å². The molecule has 0 radical (unpaired) electrons. The Morgan fingerprint density at radius 1 is 1.35 bits per heavy atom. The predicted molar refractivity (Wildman–Crippen MR) is 61.2 cm³/mol. The molecule has 0 spiro atoms. The largest absolute Gasteiger partial charge is 0.464 e. The summed E-state index contributed by atoms with van der Waals surface area (Å²) in [6, 6.07) is 5.66. The van der Waals surface area contributed by atoms with Crippen LogP contribution in [0.2, 0.25) is 0 Å². The molecule has 1 aromatic carbocycles. The molecule has 3 rings (SSSR count). The summed E-state index contributed by atoms with van der Waals surface area (Å²) in [5, 5.41) is 8.27. The highest BCUT2D eigenvalue weighted by Crippen LogP contribution is 2.35. The highest BCUT2D eigenvalue weighted by atomic mass is 32.1. The Kier molecular flexibility index (Phi) is 2.45. The van der Waals surface area contributed by atoms with Crippen LogP contribution in [0.25, 0.3) is 0 Å². The molecule has 6 nitrogen and oxygen atoms in total. The van der Waals surface area contributed by atoms with Crippen molar-refractivity contribution in [3.05, 3.63) is 23.8 Å². The zero-order chi connectivity index (χ0) is 11.7. The van der Waals surface area contributed by atoms with E-state index in [1.807, 2.05) is 18.2 Å². The molecule has 0 amide bonds. The molecular weight excluding hydrogens is 242 g/mol. The fraction of sp³-hybridized carbons (Fsp3) is 0.200. The van der Waals surface area contributed by atoms with Crippen LogP contribution >= 0.6 is 11.3 Å². The molecule has 2 heterocycles. The van der Waals surface area contributed by atoms with Crippen LogP contribution in [-0.4, -0.2) is 17.0 Å². The number of nitrogens with two attached hydrogens (primary N) is 1. The SMILES string of the molecule is Nc1nnc(OCc2cccc3c2OCO3)s1. The smallest absolute Gasteiger partial charge is 0.296 e. The first kappa shape index (κ1) is 10.2. The van der Waals surface area contributed by atoms with Crippen LogP contribution < -0.4 is 19.9 Å². The normalized spacial score (nSPS) is 12.7. The number of hydrogen-bond donors (Lipinski definition) is 1. The monoisotopic (exact) mass is 251 g/mol. The van der Waals surface area contributed by atoms with Crippen molar-refractivity contribution in [1.82, 2.24) is 10.2 Å². The van der Waals surface area contributed by atoms with Crippen LogP contribution in [0.15, 0.2) is 18.2 Å². The van der Waals surface area contributed by atoms with Crippen LogP contribution in [0, 0.1) is 0 Å². The number of para-hydroxylation sites is 1. The number of nitrogen functional groups attached to an aromatic ring is 1. The van der Waals surface area contributed by atoms with Crippen molar-refractivity contribution in [1.29, 1.82) is 0 Å². The van der Waals surface area contributed by atoms with E-state index in [2.05, 4.69) is 10.2 Å². The van der Waals surface area contributed by atoms with Gasteiger partial charge in [0.1, 0.15) is 6.61 Å². The molecule has 2 aromatic rings. The Labute approximate surface area is 101 Å². The Hall–Kier alpha value is -2.02. The molecule has 2 N–H and O–H groups in total. The molecular formula is C10H9N3O3S. The third-order valence-corrected chi connectivity index (χ3v) is 2.92. The maximum atomic E-state index is 5.47. The van der Waals surface area contributed by atoms with Gasteiger partial charge in [-0.2, -0.15) is 0 Å². The summed E-state index contributed by atoms with van der Waals surface area (Å²) < 4.78 is 16.1. The first-order valence-electron chi connectivity index (χ1n) is 4.92. The molecule has 0 aliphatic carbocycles. The second kappa shape index (κ2) is 4.10. The summed E-state index contributed by atoms with van der Waals surface area (Å²) in [6.07, 6.45) is 0. The molecule has 1 aromatic heterocycles. The van der Waals surface area contributed by atoms with E-state index >= 15 is 0 Å². The minimum Gasteiger partial charge on any atom is -0.464 e. The third-order valence-electron chi connectivity index (χ3n) is 2.25. The molecule has 0 saturated heterocycles. The van der Waals surface area contributed by atoms with Gasteiger partial charge in [0.25, 0.3) is 5.19 Å². The lowest BCUT2D eigenvalue weighted by Crippen LogP contribution is -1.98. The Morgan fingerprint density at radius 3 is 3.12 bits per heavy atom. The minimum absolute atomic E-state index is 0.248. The fourth-order valence-electron chi connectivity index (χ4n) is 1.52. The molecule has 7 heteroatoms. The van der Waals surface area contributed by atoms with E-state index in [4.69, 9.17) is 19.9 Å². The number of hydrogen-bond acceptors (Lipinski definition) is 7. The molecule has 0 bridgehead atoms. The Bertz CT molecular complexity index is 543. The summed E-state index contributed by atoms with van der Waals surface area (Å²) in [5.74, 6) is 1.47. The Morgan fingerprint density at radius 2 is 2.29 bits per heavy atom. The van der Waals surface area contributed by atoms with Gasteiger partial charge in [-0.15, -0.1) is 5.10 Å². The maximum absolute atomic E-state index is 5.47. The van der Waals surface area contributed by atoms with Gasteiger partial charge in [0.15, 0.2) is 11.5 Å². The zero-order valence-electron chi connectivity index (χ0n) is 8.75. The third kappa shape index (κ3) is 1.96. The average molecular weight is 251 g/mol. The predicted octanol–water partition coefficient (Wildman–Crippen LogP) is 1.43. The van der Waals surface area contributed by atoms with Crippen molar-refractivity contribution < 1.29 is 14.2 Å². The maximum Gasteiger partial charge on any atom is 0.296 e. The second-order valence-corrected chi connectivity index (χ2v) is 4.32. The molecule has 0 fully saturated rings. The van der Waals surface area contributed by atoms with Crippen molar-refractivity contribution in [3.8, 4) is 16.7 Å². The molecule has 1 aliphatic heterocycles. The summed E-state index contributed by atoms with van der Waals surface area (Å²) in [5.41, 5.74) is 6.37. The molecule has 0 atom stereocenters. The van der Waals surface area contributed by atoms with Gasteiger partial charge in [-0.25, -0.2) is 0 Å². The highest BCUT2D eigenvalue weighted by molar-refractivity contribution is 7.16. The van der Waals surface area contributed by atoms with E-state index in [1.54, 1.807) is 0 Å². The topological polar surface area (TPSA) is 79.5 Å². The van der Waals surface area contributed by atoms with E-state index < -0.39 is 0 Å². The van der Waals surface area contributed by atoms with Crippen LogP contribution in [-0.2, 0) is 6.61 Å². The summed E-state index contributed by atoms with van der Waals surface area (Å²) in [7, 11) is 0. The standard InChI is InChI=1S/C10H9N3O3S/c11-9-12-13-10(17-9)14-4-6-2-1-3-7-8(6)16-5-15-7/h1-3H,4-5H2,(H2,11,12). The molecule has 0 unspecified atom stereocenters.